The predicted molar refractivity (Wildman–Crippen MR) is 112 cm³/mol. The number of carbonyl (C=O) groups is 2. The summed E-state index contributed by atoms with van der Waals surface area (Å²) in [5.74, 6) is -0.197. The third kappa shape index (κ3) is 3.71. The molecular formula is C22H24BrN3O2. The molecule has 0 atom stereocenters. The van der Waals surface area contributed by atoms with E-state index in [1.165, 1.54) is 5.56 Å². The summed E-state index contributed by atoms with van der Waals surface area (Å²) in [5.41, 5.74) is 3.34. The van der Waals surface area contributed by atoms with Crippen molar-refractivity contribution in [3.63, 3.8) is 0 Å². The van der Waals surface area contributed by atoms with Gasteiger partial charge in [0.2, 0.25) is 0 Å². The molecule has 2 heterocycles. The van der Waals surface area contributed by atoms with Gasteiger partial charge in [0.25, 0.3) is 11.8 Å². The van der Waals surface area contributed by atoms with Crippen LogP contribution in [0.4, 0.5) is 0 Å². The van der Waals surface area contributed by atoms with Gasteiger partial charge in [-0.3, -0.25) is 14.5 Å². The van der Waals surface area contributed by atoms with Crippen molar-refractivity contribution in [2.45, 2.75) is 32.0 Å². The summed E-state index contributed by atoms with van der Waals surface area (Å²) in [7, 11) is 1.60. The number of hydrogen-bond acceptors (Lipinski definition) is 3. The van der Waals surface area contributed by atoms with Crippen LogP contribution in [0.5, 0.6) is 0 Å². The maximum Gasteiger partial charge on any atom is 0.255 e. The zero-order valence-electron chi connectivity index (χ0n) is 16.0. The zero-order valence-corrected chi connectivity index (χ0v) is 17.5. The van der Waals surface area contributed by atoms with Gasteiger partial charge >= 0.3 is 0 Å². The molecule has 2 aliphatic rings. The Hall–Kier alpha value is -2.18. The van der Waals surface area contributed by atoms with Crippen LogP contribution in [0.1, 0.15) is 44.7 Å². The van der Waals surface area contributed by atoms with E-state index < -0.39 is 0 Å². The van der Waals surface area contributed by atoms with Crippen LogP contribution in [0, 0.1) is 0 Å². The van der Waals surface area contributed by atoms with Gasteiger partial charge in [-0.15, -0.1) is 0 Å². The van der Waals surface area contributed by atoms with E-state index >= 15 is 0 Å². The minimum atomic E-state index is -0.198. The van der Waals surface area contributed by atoms with Crippen molar-refractivity contribution in [1.82, 2.24) is 15.1 Å². The second-order valence-electron chi connectivity index (χ2n) is 7.49. The highest BCUT2D eigenvalue weighted by Crippen LogP contribution is 2.31. The van der Waals surface area contributed by atoms with E-state index in [-0.39, 0.29) is 17.9 Å². The molecule has 28 heavy (non-hydrogen) atoms. The number of halogens is 1. The SMILES string of the molecule is CNC(=O)c1cccc2c1C(=O)N(C1CCN(Cc3ccc(Br)cc3)CC1)C2. The van der Waals surface area contributed by atoms with Gasteiger partial charge in [0.05, 0.1) is 11.1 Å². The molecule has 2 aromatic rings. The average Bonchev–Trinajstić information content (AvgIpc) is 3.06. The molecule has 0 saturated carbocycles. The molecule has 1 N–H and O–H groups in total. The lowest BCUT2D eigenvalue weighted by molar-refractivity contribution is 0.0588. The number of carbonyl (C=O) groups excluding carboxylic acids is 2. The number of benzene rings is 2. The summed E-state index contributed by atoms with van der Waals surface area (Å²) in [5, 5.41) is 2.64. The van der Waals surface area contributed by atoms with E-state index in [0.717, 1.165) is 42.5 Å². The van der Waals surface area contributed by atoms with Crippen LogP contribution in [0.25, 0.3) is 0 Å². The van der Waals surface area contributed by atoms with Gasteiger partial charge in [-0.25, -0.2) is 0 Å². The molecule has 2 amide bonds. The predicted octanol–water partition coefficient (Wildman–Crippen LogP) is 3.43. The van der Waals surface area contributed by atoms with Gasteiger partial charge in [0.1, 0.15) is 0 Å². The van der Waals surface area contributed by atoms with Crippen LogP contribution in [0.2, 0.25) is 0 Å². The van der Waals surface area contributed by atoms with Crippen LogP contribution >= 0.6 is 15.9 Å². The van der Waals surface area contributed by atoms with Crippen molar-refractivity contribution in [2.75, 3.05) is 20.1 Å². The van der Waals surface area contributed by atoms with E-state index in [4.69, 9.17) is 0 Å². The van der Waals surface area contributed by atoms with Gasteiger partial charge in [-0.1, -0.05) is 40.2 Å². The molecule has 0 aliphatic carbocycles. The summed E-state index contributed by atoms with van der Waals surface area (Å²) in [6, 6.07) is 14.2. The number of nitrogens with one attached hydrogen (secondary N) is 1. The first-order valence-electron chi connectivity index (χ1n) is 9.68. The summed E-state index contributed by atoms with van der Waals surface area (Å²) in [6.07, 6.45) is 1.93. The smallest absolute Gasteiger partial charge is 0.255 e. The van der Waals surface area contributed by atoms with E-state index in [1.807, 2.05) is 17.0 Å². The highest BCUT2D eigenvalue weighted by atomic mass is 79.9. The van der Waals surface area contributed by atoms with Crippen LogP contribution in [-0.2, 0) is 13.1 Å². The van der Waals surface area contributed by atoms with E-state index in [0.29, 0.717) is 17.7 Å². The third-order valence-corrected chi connectivity index (χ3v) is 6.28. The Labute approximate surface area is 173 Å². The fourth-order valence-electron chi connectivity index (χ4n) is 4.24. The summed E-state index contributed by atoms with van der Waals surface area (Å²) >= 11 is 3.48. The molecule has 1 saturated heterocycles. The molecule has 0 unspecified atom stereocenters. The van der Waals surface area contributed by atoms with Crippen molar-refractivity contribution < 1.29 is 9.59 Å². The number of rotatable bonds is 4. The lowest BCUT2D eigenvalue weighted by Crippen LogP contribution is -2.44. The largest absolute Gasteiger partial charge is 0.355 e. The van der Waals surface area contributed by atoms with E-state index in [1.54, 1.807) is 13.1 Å². The second-order valence-corrected chi connectivity index (χ2v) is 8.40. The van der Waals surface area contributed by atoms with Gasteiger partial charge in [0, 0.05) is 43.7 Å². The Bertz CT molecular complexity index is 889. The van der Waals surface area contributed by atoms with Crippen molar-refractivity contribution >= 4 is 27.7 Å². The van der Waals surface area contributed by atoms with Crippen LogP contribution in [0.3, 0.4) is 0 Å². The first-order valence-corrected chi connectivity index (χ1v) is 10.5. The van der Waals surface area contributed by atoms with Crippen molar-refractivity contribution in [3.05, 3.63) is 69.2 Å². The first kappa shape index (κ1) is 19.2. The van der Waals surface area contributed by atoms with E-state index in [9.17, 15) is 9.59 Å². The Morgan fingerprint density at radius 1 is 1.14 bits per heavy atom. The molecule has 2 aromatic carbocycles. The van der Waals surface area contributed by atoms with Crippen LogP contribution in [0.15, 0.2) is 46.9 Å². The Morgan fingerprint density at radius 2 is 1.86 bits per heavy atom. The lowest BCUT2D eigenvalue weighted by Gasteiger charge is -2.36. The van der Waals surface area contributed by atoms with Crippen LogP contribution < -0.4 is 5.32 Å². The molecule has 1 fully saturated rings. The lowest BCUT2D eigenvalue weighted by atomic mass is 10.0. The van der Waals surface area contributed by atoms with Gasteiger partial charge in [-0.2, -0.15) is 0 Å². The summed E-state index contributed by atoms with van der Waals surface area (Å²) < 4.78 is 1.10. The standard InChI is InChI=1S/C22H24BrN3O2/c1-24-21(27)19-4-2-3-16-14-26(22(28)20(16)19)18-9-11-25(12-10-18)13-15-5-7-17(23)8-6-15/h2-8,18H,9-14H2,1H3,(H,24,27). The molecule has 6 heteroatoms. The highest BCUT2D eigenvalue weighted by Gasteiger charge is 2.36. The maximum atomic E-state index is 13.1. The molecule has 4 rings (SSSR count). The fraction of sp³-hybridized carbons (Fsp3) is 0.364. The van der Waals surface area contributed by atoms with Crippen molar-refractivity contribution in [1.29, 1.82) is 0 Å². The Balaban J connectivity index is 1.41. The topological polar surface area (TPSA) is 52.7 Å². The summed E-state index contributed by atoms with van der Waals surface area (Å²) in [6.45, 7) is 3.50. The molecule has 0 spiro atoms. The Kier molecular flexibility index (Phi) is 5.51. The van der Waals surface area contributed by atoms with Crippen molar-refractivity contribution in [3.8, 4) is 0 Å². The van der Waals surface area contributed by atoms with Crippen LogP contribution in [-0.4, -0.2) is 47.8 Å². The molecule has 146 valence electrons. The molecule has 0 aromatic heterocycles. The molecule has 0 radical (unpaired) electrons. The van der Waals surface area contributed by atoms with Gasteiger partial charge in [0.15, 0.2) is 0 Å². The quantitative estimate of drug-likeness (QED) is 0.790. The minimum absolute atomic E-state index is 0.000518. The number of amides is 2. The minimum Gasteiger partial charge on any atom is -0.355 e. The molecular weight excluding hydrogens is 418 g/mol. The molecule has 0 bridgehead atoms. The zero-order chi connectivity index (χ0) is 19.7. The first-order chi connectivity index (χ1) is 13.6. The monoisotopic (exact) mass is 441 g/mol. The second kappa shape index (κ2) is 8.05. The Morgan fingerprint density at radius 3 is 2.54 bits per heavy atom. The normalized spacial score (nSPS) is 17.6. The highest BCUT2D eigenvalue weighted by molar-refractivity contribution is 9.10. The fourth-order valence-corrected chi connectivity index (χ4v) is 4.50. The number of nitrogens with zero attached hydrogens (tertiary/aromatic N) is 2. The maximum absolute atomic E-state index is 13.1. The average molecular weight is 442 g/mol. The molecule has 5 nitrogen and oxygen atoms in total. The van der Waals surface area contributed by atoms with Gasteiger partial charge in [-0.05, 0) is 42.2 Å². The third-order valence-electron chi connectivity index (χ3n) is 5.76. The molecule has 2 aliphatic heterocycles. The number of likely N-dealkylation sites (tertiary alicyclic amines) is 1. The summed E-state index contributed by atoms with van der Waals surface area (Å²) in [4.78, 5) is 29.6. The number of piperidine rings is 1. The van der Waals surface area contributed by atoms with Crippen molar-refractivity contribution in [2.24, 2.45) is 0 Å². The number of hydrogen-bond donors (Lipinski definition) is 1. The van der Waals surface area contributed by atoms with Gasteiger partial charge < -0.3 is 10.2 Å². The van der Waals surface area contributed by atoms with E-state index in [2.05, 4.69) is 50.4 Å². The number of fused-ring (bicyclic) bond motifs is 1.